The number of aryl methyl sites for hydroxylation is 1. The molecule has 106 valence electrons. The minimum atomic E-state index is -3.95. The first kappa shape index (κ1) is 14.8. The highest BCUT2D eigenvalue weighted by molar-refractivity contribution is 9.10. The largest absolute Gasteiger partial charge is 0.398 e. The van der Waals surface area contributed by atoms with Crippen molar-refractivity contribution in [3.05, 3.63) is 52.3 Å². The van der Waals surface area contributed by atoms with Gasteiger partial charge in [0.25, 0.3) is 10.0 Å². The number of anilines is 2. The minimum absolute atomic E-state index is 0.0119. The van der Waals surface area contributed by atoms with Crippen molar-refractivity contribution in [3.63, 3.8) is 0 Å². The van der Waals surface area contributed by atoms with Crippen LogP contribution in [0.2, 0.25) is 0 Å². The molecule has 2 rings (SSSR count). The Morgan fingerprint density at radius 2 is 1.90 bits per heavy atom. The molecule has 0 atom stereocenters. The number of hydrogen-bond donors (Lipinski definition) is 2. The SMILES string of the molecule is Cc1ccc(NS(=O)(=O)c2cc(F)ccc2N)c(Br)c1. The quantitative estimate of drug-likeness (QED) is 0.827. The summed E-state index contributed by atoms with van der Waals surface area (Å²) < 4.78 is 40.6. The molecule has 0 aliphatic carbocycles. The average molecular weight is 359 g/mol. The summed E-state index contributed by atoms with van der Waals surface area (Å²) in [4.78, 5) is -0.287. The molecule has 0 aliphatic heterocycles. The molecule has 4 nitrogen and oxygen atoms in total. The van der Waals surface area contributed by atoms with Crippen molar-refractivity contribution in [3.8, 4) is 0 Å². The number of nitrogens with two attached hydrogens (primary N) is 1. The molecule has 0 saturated carbocycles. The number of sulfonamides is 1. The van der Waals surface area contributed by atoms with E-state index in [1.807, 2.05) is 6.92 Å². The first-order valence-electron chi connectivity index (χ1n) is 5.63. The van der Waals surface area contributed by atoms with Gasteiger partial charge in [0, 0.05) is 4.47 Å². The van der Waals surface area contributed by atoms with E-state index in [-0.39, 0.29) is 10.6 Å². The van der Waals surface area contributed by atoms with Gasteiger partial charge in [-0.1, -0.05) is 6.07 Å². The van der Waals surface area contributed by atoms with Crippen LogP contribution in [0, 0.1) is 12.7 Å². The summed E-state index contributed by atoms with van der Waals surface area (Å²) in [6.07, 6.45) is 0. The molecule has 0 heterocycles. The van der Waals surface area contributed by atoms with Crippen molar-refractivity contribution in [2.45, 2.75) is 11.8 Å². The van der Waals surface area contributed by atoms with Gasteiger partial charge in [0.15, 0.2) is 0 Å². The van der Waals surface area contributed by atoms with E-state index in [2.05, 4.69) is 20.7 Å². The molecule has 2 aromatic carbocycles. The van der Waals surface area contributed by atoms with Gasteiger partial charge < -0.3 is 5.73 Å². The molecule has 7 heteroatoms. The molecule has 0 amide bonds. The maximum Gasteiger partial charge on any atom is 0.264 e. The third kappa shape index (κ3) is 3.10. The standard InChI is InChI=1S/C13H12BrFN2O2S/c1-8-2-5-12(10(14)6-8)17-20(18,19)13-7-9(15)3-4-11(13)16/h2-7,17H,16H2,1H3. The van der Waals surface area contributed by atoms with E-state index >= 15 is 0 Å². The molecule has 0 aromatic heterocycles. The Bertz CT molecular complexity index is 763. The van der Waals surface area contributed by atoms with Crippen molar-refractivity contribution in [2.75, 3.05) is 10.5 Å². The molecule has 20 heavy (non-hydrogen) atoms. The first-order valence-corrected chi connectivity index (χ1v) is 7.91. The fourth-order valence-electron chi connectivity index (χ4n) is 1.64. The lowest BCUT2D eigenvalue weighted by Crippen LogP contribution is -2.15. The van der Waals surface area contributed by atoms with Crippen molar-refractivity contribution in [1.82, 2.24) is 0 Å². The topological polar surface area (TPSA) is 72.2 Å². The van der Waals surface area contributed by atoms with Gasteiger partial charge in [-0.2, -0.15) is 0 Å². The highest BCUT2D eigenvalue weighted by Crippen LogP contribution is 2.28. The zero-order valence-corrected chi connectivity index (χ0v) is 12.9. The molecule has 0 saturated heterocycles. The minimum Gasteiger partial charge on any atom is -0.398 e. The van der Waals surface area contributed by atoms with Gasteiger partial charge in [0.1, 0.15) is 10.7 Å². The normalized spacial score (nSPS) is 11.3. The Kier molecular flexibility index (Phi) is 4.01. The summed E-state index contributed by atoms with van der Waals surface area (Å²) in [5, 5.41) is 0. The van der Waals surface area contributed by atoms with Gasteiger partial charge in [-0.3, -0.25) is 4.72 Å². The Balaban J connectivity index is 2.43. The molecule has 0 spiro atoms. The van der Waals surface area contributed by atoms with Crippen LogP contribution in [0.4, 0.5) is 15.8 Å². The van der Waals surface area contributed by atoms with E-state index in [4.69, 9.17) is 5.73 Å². The fraction of sp³-hybridized carbons (Fsp3) is 0.0769. The van der Waals surface area contributed by atoms with Crippen molar-refractivity contribution in [1.29, 1.82) is 0 Å². The molecule has 0 fully saturated rings. The highest BCUT2D eigenvalue weighted by Gasteiger charge is 2.19. The molecule has 2 aromatic rings. The van der Waals surface area contributed by atoms with Gasteiger partial charge in [0.05, 0.1) is 11.4 Å². The number of benzene rings is 2. The van der Waals surface area contributed by atoms with E-state index < -0.39 is 15.8 Å². The van der Waals surface area contributed by atoms with Crippen molar-refractivity contribution >= 4 is 37.3 Å². The van der Waals surface area contributed by atoms with E-state index in [0.717, 1.165) is 17.7 Å². The Hall–Kier alpha value is -1.60. The molecule has 0 unspecified atom stereocenters. The van der Waals surface area contributed by atoms with Crippen LogP contribution in [0.5, 0.6) is 0 Å². The van der Waals surface area contributed by atoms with Gasteiger partial charge in [-0.15, -0.1) is 0 Å². The first-order chi connectivity index (χ1) is 9.29. The third-order valence-electron chi connectivity index (χ3n) is 2.63. The van der Waals surface area contributed by atoms with Crippen LogP contribution >= 0.6 is 15.9 Å². The lowest BCUT2D eigenvalue weighted by molar-refractivity contribution is 0.596. The maximum atomic E-state index is 13.2. The smallest absolute Gasteiger partial charge is 0.264 e. The second-order valence-corrected chi connectivity index (χ2v) is 6.78. The Morgan fingerprint density at radius 3 is 2.55 bits per heavy atom. The zero-order chi connectivity index (χ0) is 14.9. The van der Waals surface area contributed by atoms with E-state index in [1.54, 1.807) is 18.2 Å². The summed E-state index contributed by atoms with van der Waals surface area (Å²) in [7, 11) is -3.95. The van der Waals surface area contributed by atoms with Crippen LogP contribution in [0.15, 0.2) is 45.8 Å². The van der Waals surface area contributed by atoms with Crippen LogP contribution in [0.3, 0.4) is 0 Å². The van der Waals surface area contributed by atoms with Gasteiger partial charge in [-0.25, -0.2) is 12.8 Å². The summed E-state index contributed by atoms with van der Waals surface area (Å²) in [5.74, 6) is -0.664. The van der Waals surface area contributed by atoms with E-state index in [0.29, 0.717) is 10.2 Å². The maximum absolute atomic E-state index is 13.2. The average Bonchev–Trinajstić information content (AvgIpc) is 2.35. The van der Waals surface area contributed by atoms with Crippen LogP contribution in [-0.4, -0.2) is 8.42 Å². The van der Waals surface area contributed by atoms with E-state index in [1.165, 1.54) is 6.07 Å². The molecular weight excluding hydrogens is 347 g/mol. The Morgan fingerprint density at radius 1 is 1.20 bits per heavy atom. The molecule has 3 N–H and O–H groups in total. The lowest BCUT2D eigenvalue weighted by Gasteiger charge is -2.12. The molecule has 0 radical (unpaired) electrons. The van der Waals surface area contributed by atoms with Gasteiger partial charge in [-0.05, 0) is 58.7 Å². The monoisotopic (exact) mass is 358 g/mol. The van der Waals surface area contributed by atoms with Crippen LogP contribution in [-0.2, 0) is 10.0 Å². The molecule has 0 bridgehead atoms. The second-order valence-electron chi connectivity index (χ2n) is 4.27. The lowest BCUT2D eigenvalue weighted by atomic mass is 10.2. The zero-order valence-electron chi connectivity index (χ0n) is 10.5. The second kappa shape index (κ2) is 5.41. The predicted octanol–water partition coefficient (Wildman–Crippen LogP) is 3.28. The van der Waals surface area contributed by atoms with Gasteiger partial charge in [0.2, 0.25) is 0 Å². The fourth-order valence-corrected chi connectivity index (χ4v) is 3.59. The number of nitrogens with one attached hydrogen (secondary N) is 1. The van der Waals surface area contributed by atoms with Crippen LogP contribution in [0.25, 0.3) is 0 Å². The third-order valence-corrected chi connectivity index (χ3v) is 4.71. The van der Waals surface area contributed by atoms with Gasteiger partial charge >= 0.3 is 0 Å². The highest BCUT2D eigenvalue weighted by atomic mass is 79.9. The Labute approximate surface area is 125 Å². The predicted molar refractivity (Wildman–Crippen MR) is 80.5 cm³/mol. The molecule has 0 aliphatic rings. The number of halogens is 2. The summed E-state index contributed by atoms with van der Waals surface area (Å²) in [5.41, 5.74) is 6.92. The van der Waals surface area contributed by atoms with Crippen LogP contribution in [0.1, 0.15) is 5.56 Å². The summed E-state index contributed by atoms with van der Waals surface area (Å²) in [6, 6.07) is 8.36. The summed E-state index contributed by atoms with van der Waals surface area (Å²) >= 11 is 3.27. The number of rotatable bonds is 3. The number of hydrogen-bond acceptors (Lipinski definition) is 3. The van der Waals surface area contributed by atoms with E-state index in [9.17, 15) is 12.8 Å². The summed E-state index contributed by atoms with van der Waals surface area (Å²) in [6.45, 7) is 1.88. The number of nitrogen functional groups attached to an aromatic ring is 1. The van der Waals surface area contributed by atoms with Crippen molar-refractivity contribution < 1.29 is 12.8 Å². The van der Waals surface area contributed by atoms with Crippen LogP contribution < -0.4 is 10.5 Å². The molecular formula is C13H12BrFN2O2S. The van der Waals surface area contributed by atoms with Crippen molar-refractivity contribution in [2.24, 2.45) is 0 Å².